The van der Waals surface area contributed by atoms with Crippen LogP contribution in [0.25, 0.3) is 0 Å². The van der Waals surface area contributed by atoms with Gasteiger partial charge in [0.15, 0.2) is 12.4 Å². The van der Waals surface area contributed by atoms with Gasteiger partial charge in [-0.25, -0.2) is 0 Å². The lowest BCUT2D eigenvalue weighted by Gasteiger charge is -2.26. The number of rotatable bonds is 67. The zero-order valence-electron chi connectivity index (χ0n) is 58.3. The van der Waals surface area contributed by atoms with E-state index in [2.05, 4.69) is 135 Å². The van der Waals surface area contributed by atoms with Gasteiger partial charge in [-0.2, -0.15) is 0 Å². The standard InChI is InChI=1S/C80H137NO8/c1-6-8-10-12-14-16-18-20-22-24-26-28-30-31-32-33-34-35-36-37-38-39-40-41-42-43-44-45-46-47-49-51-53-55-57-59-61-63-65-67-69-71-78(83)89-76(75-88-80(79(84)85)86-73-72-81(3,4)5)74-87-77(82)70-68-66-64-62-60-58-56-54-52-50-48-29-27-25-23-21-19-17-15-13-11-9-7-2/h8,10,14,16,19-22,25-28,31-32,34-35,37-38,48,50,76,80H,6-7,9,11-13,15,17-18,23-24,29-30,33,36,39-47,49,51-75H2,1-5H3/b10-8-,16-14-,21-19-,22-20-,27-25-,28-26-,32-31-,35-34-,38-37-,50-48-. The molecule has 89 heavy (non-hydrogen) atoms. The van der Waals surface area contributed by atoms with Gasteiger partial charge >= 0.3 is 11.9 Å². The van der Waals surface area contributed by atoms with Gasteiger partial charge in [0.05, 0.1) is 40.3 Å². The van der Waals surface area contributed by atoms with E-state index in [1.54, 1.807) is 0 Å². The molecule has 9 heteroatoms. The van der Waals surface area contributed by atoms with E-state index in [0.29, 0.717) is 17.4 Å². The largest absolute Gasteiger partial charge is 0.545 e. The van der Waals surface area contributed by atoms with Gasteiger partial charge in [0.2, 0.25) is 0 Å². The minimum absolute atomic E-state index is 0.143. The van der Waals surface area contributed by atoms with Crippen LogP contribution in [0, 0.1) is 0 Å². The SMILES string of the molecule is CC/C=C\C/C=C\C/C=C\C/C=C\C/C=C\C/C=C\C/C=C\CCCCCCCCCCCCCCCCCCCCCC(=O)OC(COC(=O)CCCCCCCCCC/C=C\C/C=C\C/C=C\CCCCCCC)COC(OCC[N+](C)(C)C)C(=O)[O-]. The van der Waals surface area contributed by atoms with E-state index in [4.69, 9.17) is 18.9 Å². The Bertz CT molecular complexity index is 1880. The van der Waals surface area contributed by atoms with Gasteiger partial charge in [-0.15, -0.1) is 0 Å². The number of carbonyl (C=O) groups excluding carboxylic acids is 3. The van der Waals surface area contributed by atoms with Crippen LogP contribution in [0.3, 0.4) is 0 Å². The topological polar surface area (TPSA) is 111 Å². The van der Waals surface area contributed by atoms with Crippen LogP contribution in [0.5, 0.6) is 0 Å². The number of nitrogens with zero attached hydrogens (tertiary/aromatic N) is 1. The molecule has 510 valence electrons. The quantitative estimate of drug-likeness (QED) is 0.0195. The molecule has 2 unspecified atom stereocenters. The first-order chi connectivity index (χ1) is 43.6. The van der Waals surface area contributed by atoms with E-state index in [9.17, 15) is 19.5 Å². The smallest absolute Gasteiger partial charge is 0.306 e. The van der Waals surface area contributed by atoms with Crippen molar-refractivity contribution >= 4 is 17.9 Å². The number of carboxylic acid groups (broad SMARTS) is 1. The Hall–Kier alpha value is -4.31. The highest BCUT2D eigenvalue weighted by molar-refractivity contribution is 5.70. The van der Waals surface area contributed by atoms with Crippen molar-refractivity contribution in [1.82, 2.24) is 0 Å². The highest BCUT2D eigenvalue weighted by Gasteiger charge is 2.22. The number of ether oxygens (including phenoxy) is 4. The van der Waals surface area contributed by atoms with E-state index in [1.165, 1.54) is 167 Å². The fraction of sp³-hybridized carbons (Fsp3) is 0.713. The summed E-state index contributed by atoms with van der Waals surface area (Å²) in [6.07, 6.45) is 95.7. The second-order valence-corrected chi connectivity index (χ2v) is 25.5. The van der Waals surface area contributed by atoms with Gasteiger partial charge in [-0.3, -0.25) is 9.59 Å². The number of unbranched alkanes of at least 4 members (excludes halogenated alkanes) is 32. The van der Waals surface area contributed by atoms with Crippen molar-refractivity contribution in [1.29, 1.82) is 0 Å². The molecule has 0 aliphatic carbocycles. The van der Waals surface area contributed by atoms with Crippen LogP contribution in [-0.2, 0) is 33.3 Å². The first-order valence-corrected chi connectivity index (χ1v) is 36.7. The van der Waals surface area contributed by atoms with Gasteiger partial charge in [-0.1, -0.05) is 309 Å². The molecule has 0 radical (unpaired) electrons. The summed E-state index contributed by atoms with van der Waals surface area (Å²) in [7, 11) is 5.93. The molecule has 0 spiro atoms. The number of carboxylic acids is 1. The molecule has 0 amide bonds. The maximum absolute atomic E-state index is 12.9. The molecule has 0 aliphatic heterocycles. The third kappa shape index (κ3) is 71.0. The normalized spacial score (nSPS) is 13.4. The Morgan fingerprint density at radius 2 is 0.640 bits per heavy atom. The lowest BCUT2D eigenvalue weighted by molar-refractivity contribution is -0.870. The fourth-order valence-corrected chi connectivity index (χ4v) is 10.1. The summed E-state index contributed by atoms with van der Waals surface area (Å²) >= 11 is 0. The van der Waals surface area contributed by atoms with Crippen LogP contribution in [0.4, 0.5) is 0 Å². The van der Waals surface area contributed by atoms with E-state index >= 15 is 0 Å². The molecule has 0 saturated carbocycles. The Balaban J connectivity index is 4.05. The molecule has 0 rings (SSSR count). The molecule has 0 aliphatic rings. The summed E-state index contributed by atoms with van der Waals surface area (Å²) in [6, 6.07) is 0. The summed E-state index contributed by atoms with van der Waals surface area (Å²) in [4.78, 5) is 37.5. The maximum atomic E-state index is 12.9. The molecular formula is C80H137NO8. The van der Waals surface area contributed by atoms with Crippen molar-refractivity contribution in [3.63, 3.8) is 0 Å². The van der Waals surface area contributed by atoms with Crippen LogP contribution < -0.4 is 5.11 Å². The fourth-order valence-electron chi connectivity index (χ4n) is 10.1. The number of esters is 2. The number of likely N-dealkylation sites (N-methyl/N-ethyl adjacent to an activating group) is 1. The van der Waals surface area contributed by atoms with Gasteiger partial charge in [0, 0.05) is 12.8 Å². The third-order valence-corrected chi connectivity index (χ3v) is 15.7. The first-order valence-electron chi connectivity index (χ1n) is 36.7. The van der Waals surface area contributed by atoms with Gasteiger partial charge in [0.25, 0.3) is 0 Å². The Labute approximate surface area is 548 Å². The lowest BCUT2D eigenvalue weighted by atomic mass is 10.0. The molecular weight excluding hydrogens is 1100 g/mol. The Morgan fingerprint density at radius 1 is 0.348 bits per heavy atom. The molecule has 0 aromatic carbocycles. The number of carbonyl (C=O) groups is 3. The molecule has 9 nitrogen and oxygen atoms in total. The van der Waals surface area contributed by atoms with Crippen molar-refractivity contribution in [2.45, 2.75) is 322 Å². The monoisotopic (exact) mass is 1240 g/mol. The van der Waals surface area contributed by atoms with Crippen LogP contribution in [-0.4, -0.2) is 82.3 Å². The van der Waals surface area contributed by atoms with Crippen LogP contribution in [0.15, 0.2) is 122 Å². The zero-order valence-corrected chi connectivity index (χ0v) is 58.3. The molecule has 0 heterocycles. The Morgan fingerprint density at radius 3 is 0.955 bits per heavy atom. The molecule has 0 bridgehead atoms. The number of hydrogen-bond acceptors (Lipinski definition) is 8. The van der Waals surface area contributed by atoms with Crippen LogP contribution in [0.1, 0.15) is 309 Å². The minimum Gasteiger partial charge on any atom is -0.545 e. The molecule has 0 N–H and O–H groups in total. The highest BCUT2D eigenvalue weighted by atomic mass is 16.7. The highest BCUT2D eigenvalue weighted by Crippen LogP contribution is 2.17. The lowest BCUT2D eigenvalue weighted by Crippen LogP contribution is -2.44. The molecule has 0 saturated heterocycles. The van der Waals surface area contributed by atoms with Gasteiger partial charge < -0.3 is 33.3 Å². The summed E-state index contributed by atoms with van der Waals surface area (Å²) in [5.74, 6) is -2.29. The second-order valence-electron chi connectivity index (χ2n) is 25.5. The maximum Gasteiger partial charge on any atom is 0.306 e. The number of quaternary nitrogens is 1. The summed E-state index contributed by atoms with van der Waals surface area (Å²) in [5.41, 5.74) is 0. The van der Waals surface area contributed by atoms with E-state index in [0.717, 1.165) is 109 Å². The molecule has 0 aromatic rings. The molecule has 2 atom stereocenters. The van der Waals surface area contributed by atoms with Crippen molar-refractivity contribution in [3.05, 3.63) is 122 Å². The van der Waals surface area contributed by atoms with Crippen molar-refractivity contribution in [3.8, 4) is 0 Å². The average molecular weight is 1240 g/mol. The summed E-state index contributed by atoms with van der Waals surface area (Å²) in [5, 5.41) is 11.8. The van der Waals surface area contributed by atoms with Crippen molar-refractivity contribution in [2.75, 3.05) is 47.5 Å². The predicted octanol–water partition coefficient (Wildman–Crippen LogP) is 21.8. The van der Waals surface area contributed by atoms with Crippen molar-refractivity contribution in [2.24, 2.45) is 0 Å². The minimum atomic E-state index is -1.63. The zero-order chi connectivity index (χ0) is 64.7. The van der Waals surface area contributed by atoms with Gasteiger partial charge in [0.1, 0.15) is 13.2 Å². The summed E-state index contributed by atoms with van der Waals surface area (Å²) in [6.45, 7) is 4.63. The number of hydrogen-bond donors (Lipinski definition) is 0. The van der Waals surface area contributed by atoms with E-state index in [-0.39, 0.29) is 38.6 Å². The van der Waals surface area contributed by atoms with E-state index < -0.39 is 24.3 Å². The molecule has 0 fully saturated rings. The van der Waals surface area contributed by atoms with Crippen LogP contribution in [0.2, 0.25) is 0 Å². The second kappa shape index (κ2) is 69.6. The molecule has 0 aromatic heterocycles. The van der Waals surface area contributed by atoms with E-state index in [1.807, 2.05) is 21.1 Å². The number of allylic oxidation sites excluding steroid dienone is 20. The average Bonchev–Trinajstić information content (AvgIpc) is 3.64. The third-order valence-electron chi connectivity index (χ3n) is 15.7. The first kappa shape index (κ1) is 84.7. The van der Waals surface area contributed by atoms with Crippen molar-refractivity contribution < 1.29 is 42.9 Å². The van der Waals surface area contributed by atoms with Gasteiger partial charge in [-0.05, 0) is 109 Å². The predicted molar refractivity (Wildman–Crippen MR) is 380 cm³/mol. The Kier molecular flexibility index (Phi) is 66.2. The summed E-state index contributed by atoms with van der Waals surface area (Å²) < 4.78 is 22.8. The number of aliphatic carboxylic acids is 1. The van der Waals surface area contributed by atoms with Crippen LogP contribution >= 0.6 is 0 Å².